The fraction of sp³-hybridized carbons (Fsp3) is 0.385. The van der Waals surface area contributed by atoms with Gasteiger partial charge in [-0.25, -0.2) is 9.59 Å². The van der Waals surface area contributed by atoms with Gasteiger partial charge >= 0.3 is 12.0 Å². The fourth-order valence-corrected chi connectivity index (χ4v) is 2.70. The molecular weight excluding hydrogens is 364 g/mol. The van der Waals surface area contributed by atoms with Crippen LogP contribution in [0.1, 0.15) is 5.56 Å². The van der Waals surface area contributed by atoms with E-state index < -0.39 is 18.0 Å². The third kappa shape index (κ3) is 3.66. The van der Waals surface area contributed by atoms with Crippen molar-refractivity contribution >= 4 is 45.2 Å². The van der Waals surface area contributed by atoms with Crippen molar-refractivity contribution in [2.75, 3.05) is 25.1 Å². The summed E-state index contributed by atoms with van der Waals surface area (Å²) in [6.07, 6.45) is 0. The Balaban J connectivity index is 2.17. The number of hydrogen-bond acceptors (Lipinski definition) is 3. The van der Waals surface area contributed by atoms with Crippen LogP contribution in [0, 0.1) is 6.92 Å². The number of hydrogen-bond donors (Lipinski definition) is 2. The van der Waals surface area contributed by atoms with E-state index >= 15 is 0 Å². The number of benzene rings is 1. The first kappa shape index (κ1) is 16.1. The summed E-state index contributed by atoms with van der Waals surface area (Å²) in [7, 11) is 0. The van der Waals surface area contributed by atoms with Gasteiger partial charge in [0.05, 0.1) is 18.9 Å². The molecule has 1 aliphatic rings. The van der Waals surface area contributed by atoms with Crippen LogP contribution in [-0.2, 0) is 9.53 Å². The molecule has 0 aliphatic carbocycles. The van der Waals surface area contributed by atoms with Crippen molar-refractivity contribution in [1.82, 2.24) is 4.90 Å². The average Bonchev–Trinajstić information content (AvgIpc) is 2.44. The lowest BCUT2D eigenvalue weighted by molar-refractivity contribution is -0.147. The molecular formula is C13H14BrClN2O4. The Kier molecular flexibility index (Phi) is 5.08. The van der Waals surface area contributed by atoms with Crippen molar-refractivity contribution < 1.29 is 19.4 Å². The number of amides is 2. The average molecular weight is 378 g/mol. The van der Waals surface area contributed by atoms with Gasteiger partial charge in [0.2, 0.25) is 0 Å². The minimum absolute atomic E-state index is 0.0153. The molecule has 0 radical (unpaired) electrons. The van der Waals surface area contributed by atoms with E-state index in [1.165, 1.54) is 4.90 Å². The van der Waals surface area contributed by atoms with Gasteiger partial charge in [-0.05, 0) is 40.5 Å². The first-order valence-electron chi connectivity index (χ1n) is 6.24. The third-order valence-electron chi connectivity index (χ3n) is 3.16. The van der Waals surface area contributed by atoms with Crippen LogP contribution in [0.4, 0.5) is 10.5 Å². The Bertz CT molecular complexity index is 582. The quantitative estimate of drug-likeness (QED) is 0.830. The summed E-state index contributed by atoms with van der Waals surface area (Å²) in [6, 6.07) is 1.92. The van der Waals surface area contributed by atoms with E-state index in [0.717, 1.165) is 5.56 Å². The number of aryl methyl sites for hydroxylation is 1. The first-order chi connectivity index (χ1) is 9.90. The number of nitrogens with zero attached hydrogens (tertiary/aromatic N) is 1. The fourth-order valence-electron chi connectivity index (χ4n) is 1.98. The normalized spacial score (nSPS) is 18.4. The highest BCUT2D eigenvalue weighted by atomic mass is 79.9. The zero-order chi connectivity index (χ0) is 15.6. The highest BCUT2D eigenvalue weighted by Crippen LogP contribution is 2.29. The monoisotopic (exact) mass is 376 g/mol. The Morgan fingerprint density at radius 1 is 1.52 bits per heavy atom. The third-order valence-corrected chi connectivity index (χ3v) is 4.23. The van der Waals surface area contributed by atoms with Gasteiger partial charge in [-0.2, -0.15) is 0 Å². The second-order valence-corrected chi connectivity index (χ2v) is 5.90. The predicted molar refractivity (Wildman–Crippen MR) is 81.9 cm³/mol. The maximum absolute atomic E-state index is 12.3. The number of carbonyl (C=O) groups excluding carboxylic acids is 1. The summed E-state index contributed by atoms with van der Waals surface area (Å²) in [4.78, 5) is 24.7. The van der Waals surface area contributed by atoms with E-state index in [1.807, 2.05) is 6.92 Å². The van der Waals surface area contributed by atoms with E-state index in [0.29, 0.717) is 21.8 Å². The van der Waals surface area contributed by atoms with E-state index in [1.54, 1.807) is 12.1 Å². The number of halogens is 2. The highest BCUT2D eigenvalue weighted by molar-refractivity contribution is 9.10. The maximum Gasteiger partial charge on any atom is 0.328 e. The van der Waals surface area contributed by atoms with Gasteiger partial charge in [-0.3, -0.25) is 0 Å². The first-order valence-corrected chi connectivity index (χ1v) is 7.41. The van der Waals surface area contributed by atoms with Crippen molar-refractivity contribution in [1.29, 1.82) is 0 Å². The molecule has 1 aromatic rings. The molecule has 0 spiro atoms. The van der Waals surface area contributed by atoms with Gasteiger partial charge in [0.15, 0.2) is 6.04 Å². The van der Waals surface area contributed by atoms with E-state index in [9.17, 15) is 9.59 Å². The Morgan fingerprint density at radius 3 is 2.90 bits per heavy atom. The molecule has 8 heteroatoms. The second-order valence-electron chi connectivity index (χ2n) is 4.63. The van der Waals surface area contributed by atoms with Crippen LogP contribution in [0.2, 0.25) is 5.02 Å². The topological polar surface area (TPSA) is 78.9 Å². The SMILES string of the molecule is Cc1cc(Br)c(NC(=O)N2CCOCC2C(=O)O)cc1Cl. The molecule has 0 saturated carbocycles. The number of carboxylic acids is 1. The Hall–Kier alpha value is -1.31. The summed E-state index contributed by atoms with van der Waals surface area (Å²) in [5.41, 5.74) is 1.36. The van der Waals surface area contributed by atoms with Gasteiger partial charge in [0.25, 0.3) is 0 Å². The van der Waals surface area contributed by atoms with Crippen LogP contribution < -0.4 is 5.32 Å². The van der Waals surface area contributed by atoms with Crippen LogP contribution in [0.3, 0.4) is 0 Å². The Morgan fingerprint density at radius 2 is 2.24 bits per heavy atom. The lowest BCUT2D eigenvalue weighted by Crippen LogP contribution is -2.53. The van der Waals surface area contributed by atoms with E-state index in [-0.39, 0.29) is 13.2 Å². The molecule has 2 amide bonds. The van der Waals surface area contributed by atoms with Crippen LogP contribution in [-0.4, -0.2) is 47.8 Å². The molecule has 21 heavy (non-hydrogen) atoms. The molecule has 1 aliphatic heterocycles. The maximum atomic E-state index is 12.3. The largest absolute Gasteiger partial charge is 0.480 e. The molecule has 2 rings (SSSR count). The summed E-state index contributed by atoms with van der Waals surface area (Å²) < 4.78 is 5.78. The molecule has 1 unspecified atom stereocenters. The minimum atomic E-state index is -1.09. The molecule has 6 nitrogen and oxygen atoms in total. The summed E-state index contributed by atoms with van der Waals surface area (Å²) in [5.74, 6) is -1.09. The molecule has 1 saturated heterocycles. The van der Waals surface area contributed by atoms with Gasteiger partial charge in [0.1, 0.15) is 0 Å². The molecule has 1 heterocycles. The molecule has 114 valence electrons. The van der Waals surface area contributed by atoms with E-state index in [2.05, 4.69) is 21.2 Å². The lowest BCUT2D eigenvalue weighted by atomic mass is 10.2. The molecule has 0 bridgehead atoms. The number of ether oxygens (including phenoxy) is 1. The van der Waals surface area contributed by atoms with Crippen LogP contribution in [0.25, 0.3) is 0 Å². The van der Waals surface area contributed by atoms with Crippen molar-refractivity contribution in [3.63, 3.8) is 0 Å². The number of carbonyl (C=O) groups is 2. The number of aliphatic carboxylic acids is 1. The number of urea groups is 1. The molecule has 1 fully saturated rings. The molecule has 2 N–H and O–H groups in total. The van der Waals surface area contributed by atoms with Crippen molar-refractivity contribution in [3.8, 4) is 0 Å². The zero-order valence-corrected chi connectivity index (χ0v) is 13.6. The van der Waals surface area contributed by atoms with Crippen molar-refractivity contribution in [2.45, 2.75) is 13.0 Å². The predicted octanol–water partition coefficient (Wildman–Crippen LogP) is 2.73. The van der Waals surface area contributed by atoms with Gasteiger partial charge in [-0.15, -0.1) is 0 Å². The number of morpholine rings is 1. The highest BCUT2D eigenvalue weighted by Gasteiger charge is 2.33. The summed E-state index contributed by atoms with van der Waals surface area (Å²) in [5, 5.41) is 12.3. The number of anilines is 1. The summed E-state index contributed by atoms with van der Waals surface area (Å²) in [6.45, 7) is 2.37. The Labute approximate surface area is 135 Å². The van der Waals surface area contributed by atoms with E-state index in [4.69, 9.17) is 21.4 Å². The smallest absolute Gasteiger partial charge is 0.328 e. The number of nitrogens with one attached hydrogen (secondary N) is 1. The molecule has 1 atom stereocenters. The van der Waals surface area contributed by atoms with Gasteiger partial charge in [-0.1, -0.05) is 11.6 Å². The number of carboxylic acid groups (broad SMARTS) is 1. The minimum Gasteiger partial charge on any atom is -0.480 e. The lowest BCUT2D eigenvalue weighted by Gasteiger charge is -2.32. The van der Waals surface area contributed by atoms with Crippen LogP contribution in [0.5, 0.6) is 0 Å². The zero-order valence-electron chi connectivity index (χ0n) is 11.2. The number of rotatable bonds is 2. The molecule has 0 aromatic heterocycles. The van der Waals surface area contributed by atoms with Gasteiger partial charge < -0.3 is 20.1 Å². The van der Waals surface area contributed by atoms with Crippen LogP contribution >= 0.6 is 27.5 Å². The van der Waals surface area contributed by atoms with Gasteiger partial charge in [0, 0.05) is 16.0 Å². The standard InChI is InChI=1S/C13H14BrClN2O4/c1-7-4-8(14)10(5-9(7)15)16-13(20)17-2-3-21-6-11(17)12(18)19/h4-5,11H,2-3,6H2,1H3,(H,16,20)(H,18,19). The van der Waals surface area contributed by atoms with Crippen molar-refractivity contribution in [3.05, 3.63) is 27.2 Å². The summed E-state index contributed by atoms with van der Waals surface area (Å²) >= 11 is 9.38. The molecule has 1 aromatic carbocycles. The second kappa shape index (κ2) is 6.64. The van der Waals surface area contributed by atoms with Crippen LogP contribution in [0.15, 0.2) is 16.6 Å². The van der Waals surface area contributed by atoms with Crippen molar-refractivity contribution in [2.24, 2.45) is 0 Å².